The van der Waals surface area contributed by atoms with Gasteiger partial charge in [0.1, 0.15) is 0 Å². The first-order valence-corrected chi connectivity index (χ1v) is 5.34. The van der Waals surface area contributed by atoms with Crippen molar-refractivity contribution in [2.45, 2.75) is 25.8 Å². The van der Waals surface area contributed by atoms with Crippen LogP contribution in [-0.2, 0) is 6.42 Å². The van der Waals surface area contributed by atoms with Gasteiger partial charge >= 0.3 is 0 Å². The van der Waals surface area contributed by atoms with Gasteiger partial charge in [-0.05, 0) is 29.9 Å². The average molecular weight is 196 g/mol. The summed E-state index contributed by atoms with van der Waals surface area (Å²) in [5.41, 5.74) is 4.20. The number of nitrogens with two attached hydrogens (primary N) is 1. The minimum absolute atomic E-state index is 0.229. The topological polar surface area (TPSA) is 38.0 Å². The maximum absolute atomic E-state index is 5.48. The first-order valence-electron chi connectivity index (χ1n) is 4.46. The molecule has 0 aliphatic heterocycles. The first-order chi connectivity index (χ1) is 6.33. The third kappa shape index (κ3) is 2.40. The SMILES string of the molecule is C=CCC(NN)c1sccc1CC. The lowest BCUT2D eigenvalue weighted by Crippen LogP contribution is -2.27. The second kappa shape index (κ2) is 5.17. The molecule has 1 unspecified atom stereocenters. The molecule has 0 aromatic carbocycles. The highest BCUT2D eigenvalue weighted by atomic mass is 32.1. The third-order valence-corrected chi connectivity index (χ3v) is 3.15. The maximum Gasteiger partial charge on any atom is 0.0590 e. The van der Waals surface area contributed by atoms with E-state index in [9.17, 15) is 0 Å². The number of aryl methyl sites for hydroxylation is 1. The fourth-order valence-electron chi connectivity index (χ4n) is 1.36. The molecule has 0 fully saturated rings. The molecule has 0 aliphatic carbocycles. The van der Waals surface area contributed by atoms with Crippen molar-refractivity contribution >= 4 is 11.3 Å². The standard InChI is InChI=1S/C10H16N2S/c1-3-5-9(12-11)10-8(4-2)6-7-13-10/h3,6-7,9,12H,1,4-5,11H2,2H3. The van der Waals surface area contributed by atoms with Crippen LogP contribution < -0.4 is 11.3 Å². The highest BCUT2D eigenvalue weighted by Crippen LogP contribution is 2.26. The molecule has 0 radical (unpaired) electrons. The Morgan fingerprint density at radius 2 is 2.54 bits per heavy atom. The molecule has 13 heavy (non-hydrogen) atoms. The first kappa shape index (κ1) is 10.4. The number of rotatable bonds is 5. The van der Waals surface area contributed by atoms with Crippen molar-refractivity contribution in [2.24, 2.45) is 5.84 Å². The van der Waals surface area contributed by atoms with Gasteiger partial charge in [-0.15, -0.1) is 17.9 Å². The van der Waals surface area contributed by atoms with E-state index in [0.717, 1.165) is 12.8 Å². The molecule has 0 bridgehead atoms. The summed E-state index contributed by atoms with van der Waals surface area (Å²) in [7, 11) is 0. The smallest absolute Gasteiger partial charge is 0.0590 e. The van der Waals surface area contributed by atoms with E-state index in [1.807, 2.05) is 6.08 Å². The summed E-state index contributed by atoms with van der Waals surface area (Å²) in [6, 6.07) is 2.39. The fourth-order valence-corrected chi connectivity index (χ4v) is 2.43. The molecular formula is C10H16N2S. The molecule has 0 aliphatic rings. The van der Waals surface area contributed by atoms with Crippen LogP contribution >= 0.6 is 11.3 Å². The Hall–Kier alpha value is -0.640. The van der Waals surface area contributed by atoms with Crippen LogP contribution in [0.2, 0.25) is 0 Å². The van der Waals surface area contributed by atoms with Crippen LogP contribution in [-0.4, -0.2) is 0 Å². The summed E-state index contributed by atoms with van der Waals surface area (Å²) < 4.78 is 0. The monoisotopic (exact) mass is 196 g/mol. The predicted octanol–water partition coefficient (Wildman–Crippen LogP) is 2.39. The van der Waals surface area contributed by atoms with E-state index in [2.05, 4.69) is 30.4 Å². The minimum Gasteiger partial charge on any atom is -0.271 e. The van der Waals surface area contributed by atoms with Crippen LogP contribution in [0.5, 0.6) is 0 Å². The molecule has 72 valence electrons. The molecule has 1 heterocycles. The molecule has 0 spiro atoms. The van der Waals surface area contributed by atoms with Gasteiger partial charge in [0.2, 0.25) is 0 Å². The predicted molar refractivity (Wildman–Crippen MR) is 58.6 cm³/mol. The number of hydrogen-bond acceptors (Lipinski definition) is 3. The molecule has 0 saturated carbocycles. The van der Waals surface area contributed by atoms with E-state index < -0.39 is 0 Å². The quantitative estimate of drug-likeness (QED) is 0.431. The summed E-state index contributed by atoms with van der Waals surface area (Å²) in [5.74, 6) is 5.48. The molecule has 0 amide bonds. The average Bonchev–Trinajstić information content (AvgIpc) is 2.61. The summed E-state index contributed by atoms with van der Waals surface area (Å²) in [6.45, 7) is 5.88. The molecule has 1 rings (SSSR count). The zero-order valence-electron chi connectivity index (χ0n) is 7.92. The maximum atomic E-state index is 5.48. The van der Waals surface area contributed by atoms with Crippen LogP contribution in [0.1, 0.15) is 29.8 Å². The van der Waals surface area contributed by atoms with Gasteiger partial charge in [0.15, 0.2) is 0 Å². The Labute approximate surface area is 83.4 Å². The number of hydrazine groups is 1. The van der Waals surface area contributed by atoms with Crippen molar-refractivity contribution in [3.05, 3.63) is 34.5 Å². The molecule has 3 N–H and O–H groups in total. The third-order valence-electron chi connectivity index (χ3n) is 2.08. The van der Waals surface area contributed by atoms with Crippen molar-refractivity contribution in [2.75, 3.05) is 0 Å². The molecule has 1 aromatic heterocycles. The zero-order valence-corrected chi connectivity index (χ0v) is 8.73. The largest absolute Gasteiger partial charge is 0.271 e. The number of nitrogens with one attached hydrogen (secondary N) is 1. The highest BCUT2D eigenvalue weighted by molar-refractivity contribution is 7.10. The van der Waals surface area contributed by atoms with Gasteiger partial charge in [0.05, 0.1) is 6.04 Å². The Balaban J connectivity index is 2.82. The lowest BCUT2D eigenvalue weighted by atomic mass is 10.1. The summed E-state index contributed by atoms with van der Waals surface area (Å²) in [6.07, 6.45) is 3.84. The zero-order chi connectivity index (χ0) is 9.68. The van der Waals surface area contributed by atoms with Crippen LogP contribution in [0.25, 0.3) is 0 Å². The van der Waals surface area contributed by atoms with Gasteiger partial charge < -0.3 is 0 Å². The van der Waals surface area contributed by atoms with Crippen molar-refractivity contribution < 1.29 is 0 Å². The Bertz CT molecular complexity index is 268. The van der Waals surface area contributed by atoms with Gasteiger partial charge in [-0.25, -0.2) is 0 Å². The summed E-state index contributed by atoms with van der Waals surface area (Å²) >= 11 is 1.76. The van der Waals surface area contributed by atoms with Crippen molar-refractivity contribution in [1.82, 2.24) is 5.43 Å². The van der Waals surface area contributed by atoms with Gasteiger partial charge in [0.25, 0.3) is 0 Å². The Morgan fingerprint density at radius 3 is 3.08 bits per heavy atom. The Morgan fingerprint density at radius 1 is 1.77 bits per heavy atom. The number of thiophene rings is 1. The van der Waals surface area contributed by atoms with Crippen molar-refractivity contribution in [3.63, 3.8) is 0 Å². The molecule has 2 nitrogen and oxygen atoms in total. The molecule has 3 heteroatoms. The van der Waals surface area contributed by atoms with E-state index in [-0.39, 0.29) is 6.04 Å². The summed E-state index contributed by atoms with van der Waals surface area (Å²) in [5, 5.41) is 2.11. The lowest BCUT2D eigenvalue weighted by molar-refractivity contribution is 0.567. The minimum atomic E-state index is 0.229. The normalized spacial score (nSPS) is 12.8. The van der Waals surface area contributed by atoms with E-state index in [0.29, 0.717) is 0 Å². The molecule has 0 saturated heterocycles. The molecular weight excluding hydrogens is 180 g/mol. The second-order valence-electron chi connectivity index (χ2n) is 2.91. The summed E-state index contributed by atoms with van der Waals surface area (Å²) in [4.78, 5) is 1.34. The van der Waals surface area contributed by atoms with E-state index in [1.165, 1.54) is 10.4 Å². The van der Waals surface area contributed by atoms with Crippen LogP contribution in [0.3, 0.4) is 0 Å². The van der Waals surface area contributed by atoms with Crippen molar-refractivity contribution in [3.8, 4) is 0 Å². The van der Waals surface area contributed by atoms with E-state index in [4.69, 9.17) is 5.84 Å². The van der Waals surface area contributed by atoms with Crippen LogP contribution in [0.4, 0.5) is 0 Å². The molecule has 1 aromatic rings. The highest BCUT2D eigenvalue weighted by Gasteiger charge is 2.12. The molecule has 1 atom stereocenters. The number of hydrogen-bond donors (Lipinski definition) is 2. The fraction of sp³-hybridized carbons (Fsp3) is 0.400. The Kier molecular flexibility index (Phi) is 4.15. The van der Waals surface area contributed by atoms with Crippen LogP contribution in [0, 0.1) is 0 Å². The lowest BCUT2D eigenvalue weighted by Gasteiger charge is -2.13. The van der Waals surface area contributed by atoms with E-state index >= 15 is 0 Å². The van der Waals surface area contributed by atoms with Gasteiger partial charge in [0, 0.05) is 4.88 Å². The second-order valence-corrected chi connectivity index (χ2v) is 3.85. The van der Waals surface area contributed by atoms with Gasteiger partial charge in [-0.1, -0.05) is 13.0 Å². The van der Waals surface area contributed by atoms with Gasteiger partial charge in [-0.2, -0.15) is 0 Å². The van der Waals surface area contributed by atoms with Gasteiger partial charge in [-0.3, -0.25) is 11.3 Å². The van der Waals surface area contributed by atoms with Crippen molar-refractivity contribution in [1.29, 1.82) is 0 Å². The van der Waals surface area contributed by atoms with E-state index in [1.54, 1.807) is 11.3 Å². The van der Waals surface area contributed by atoms with Crippen LogP contribution in [0.15, 0.2) is 24.1 Å².